The van der Waals surface area contributed by atoms with Crippen molar-refractivity contribution in [1.29, 1.82) is 0 Å². The van der Waals surface area contributed by atoms with Crippen molar-refractivity contribution in [2.75, 3.05) is 13.1 Å². The molecule has 0 saturated carbocycles. The van der Waals surface area contributed by atoms with Gasteiger partial charge < -0.3 is 5.11 Å². The van der Waals surface area contributed by atoms with Crippen molar-refractivity contribution in [1.82, 2.24) is 4.90 Å². The van der Waals surface area contributed by atoms with Crippen molar-refractivity contribution in [2.45, 2.75) is 26.8 Å². The van der Waals surface area contributed by atoms with Gasteiger partial charge in [-0.3, -0.25) is 9.69 Å². The van der Waals surface area contributed by atoms with E-state index in [1.54, 1.807) is 0 Å². The predicted molar refractivity (Wildman–Crippen MR) is 64.4 cm³/mol. The molecule has 0 spiro atoms. The lowest BCUT2D eigenvalue weighted by atomic mass is 10.0. The molecule has 0 heterocycles. The Hall–Kier alpha value is -1.35. The number of carboxylic acids is 1. The number of rotatable bonds is 6. The smallest absolute Gasteiger partial charge is 0.317 e. The molecule has 3 nitrogen and oxygen atoms in total. The van der Waals surface area contributed by atoms with E-state index in [9.17, 15) is 4.79 Å². The third-order valence-electron chi connectivity index (χ3n) is 2.70. The van der Waals surface area contributed by atoms with Crippen LogP contribution in [0.4, 0.5) is 0 Å². The summed E-state index contributed by atoms with van der Waals surface area (Å²) in [7, 11) is 0. The fourth-order valence-electron chi connectivity index (χ4n) is 1.77. The van der Waals surface area contributed by atoms with Gasteiger partial charge in [0, 0.05) is 6.54 Å². The van der Waals surface area contributed by atoms with Gasteiger partial charge in [-0.2, -0.15) is 0 Å². The summed E-state index contributed by atoms with van der Waals surface area (Å²) in [4.78, 5) is 12.6. The van der Waals surface area contributed by atoms with Gasteiger partial charge in [-0.1, -0.05) is 38.1 Å². The zero-order valence-electron chi connectivity index (χ0n) is 9.94. The zero-order valence-corrected chi connectivity index (χ0v) is 9.94. The molecule has 0 bridgehead atoms. The van der Waals surface area contributed by atoms with Gasteiger partial charge in [-0.05, 0) is 24.1 Å². The first kappa shape index (κ1) is 12.7. The van der Waals surface area contributed by atoms with E-state index in [2.05, 4.69) is 19.1 Å². The van der Waals surface area contributed by atoms with E-state index >= 15 is 0 Å². The van der Waals surface area contributed by atoms with Crippen LogP contribution in [-0.2, 0) is 17.8 Å². The number of aliphatic carboxylic acids is 1. The van der Waals surface area contributed by atoms with Gasteiger partial charge in [-0.25, -0.2) is 0 Å². The Balaban J connectivity index is 2.73. The number of hydrogen-bond donors (Lipinski definition) is 1. The van der Waals surface area contributed by atoms with Gasteiger partial charge in [0.1, 0.15) is 0 Å². The minimum Gasteiger partial charge on any atom is -0.480 e. The highest BCUT2D eigenvalue weighted by atomic mass is 16.4. The molecule has 1 aromatic carbocycles. The standard InChI is InChI=1S/C13H19NO2/c1-3-11-7-5-6-8-12(11)9-14(4-2)10-13(15)16/h5-8H,3-4,9-10H2,1-2H3,(H,15,16). The number of aryl methyl sites for hydroxylation is 1. The van der Waals surface area contributed by atoms with E-state index in [1.807, 2.05) is 24.0 Å². The molecule has 1 N–H and O–H groups in total. The first-order valence-corrected chi connectivity index (χ1v) is 5.68. The van der Waals surface area contributed by atoms with Crippen LogP contribution in [0.2, 0.25) is 0 Å². The van der Waals surface area contributed by atoms with E-state index in [0.717, 1.165) is 13.0 Å². The van der Waals surface area contributed by atoms with E-state index in [1.165, 1.54) is 11.1 Å². The highest BCUT2D eigenvalue weighted by molar-refractivity contribution is 5.69. The largest absolute Gasteiger partial charge is 0.480 e. The second-order valence-corrected chi connectivity index (χ2v) is 3.82. The average molecular weight is 221 g/mol. The Morgan fingerprint density at radius 2 is 1.88 bits per heavy atom. The number of likely N-dealkylation sites (N-methyl/N-ethyl adjacent to an activating group) is 1. The highest BCUT2D eigenvalue weighted by Gasteiger charge is 2.09. The molecule has 1 rings (SSSR count). The quantitative estimate of drug-likeness (QED) is 0.800. The van der Waals surface area contributed by atoms with Crippen molar-refractivity contribution in [3.63, 3.8) is 0 Å². The van der Waals surface area contributed by atoms with Crippen LogP contribution >= 0.6 is 0 Å². The summed E-state index contributed by atoms with van der Waals surface area (Å²) in [5, 5.41) is 8.78. The molecule has 0 amide bonds. The molecule has 1 aromatic rings. The van der Waals surface area contributed by atoms with Crippen LogP contribution in [0, 0.1) is 0 Å². The summed E-state index contributed by atoms with van der Waals surface area (Å²) in [5.41, 5.74) is 2.53. The molecule has 0 aromatic heterocycles. The number of carbonyl (C=O) groups is 1. The van der Waals surface area contributed by atoms with Crippen molar-refractivity contribution < 1.29 is 9.90 Å². The number of benzene rings is 1. The van der Waals surface area contributed by atoms with Crippen LogP contribution in [0.1, 0.15) is 25.0 Å². The summed E-state index contributed by atoms with van der Waals surface area (Å²) in [5.74, 6) is -0.768. The second-order valence-electron chi connectivity index (χ2n) is 3.82. The lowest BCUT2D eigenvalue weighted by Gasteiger charge is -2.19. The van der Waals surface area contributed by atoms with Crippen LogP contribution < -0.4 is 0 Å². The van der Waals surface area contributed by atoms with Gasteiger partial charge in [0.25, 0.3) is 0 Å². The van der Waals surface area contributed by atoms with E-state index in [0.29, 0.717) is 6.54 Å². The SMILES string of the molecule is CCc1ccccc1CN(CC)CC(=O)O. The van der Waals surface area contributed by atoms with Crippen LogP contribution in [-0.4, -0.2) is 29.1 Å². The molecule has 0 aliphatic rings. The molecule has 16 heavy (non-hydrogen) atoms. The summed E-state index contributed by atoms with van der Waals surface area (Å²) in [6, 6.07) is 8.20. The predicted octanol–water partition coefficient (Wildman–Crippen LogP) is 2.16. The van der Waals surface area contributed by atoms with Crippen molar-refractivity contribution in [3.8, 4) is 0 Å². The lowest BCUT2D eigenvalue weighted by Crippen LogP contribution is -2.29. The summed E-state index contributed by atoms with van der Waals surface area (Å²) >= 11 is 0. The van der Waals surface area contributed by atoms with Crippen LogP contribution in [0.25, 0.3) is 0 Å². The van der Waals surface area contributed by atoms with E-state index < -0.39 is 5.97 Å². The summed E-state index contributed by atoms with van der Waals surface area (Å²) in [6.45, 7) is 5.68. The van der Waals surface area contributed by atoms with Gasteiger partial charge in [0.2, 0.25) is 0 Å². The normalized spacial score (nSPS) is 10.7. The highest BCUT2D eigenvalue weighted by Crippen LogP contribution is 2.12. The molecule has 88 valence electrons. The number of carboxylic acid groups (broad SMARTS) is 1. The molecule has 0 aliphatic carbocycles. The summed E-state index contributed by atoms with van der Waals surface area (Å²) < 4.78 is 0. The lowest BCUT2D eigenvalue weighted by molar-refractivity contribution is -0.138. The minimum atomic E-state index is -0.768. The molecule has 0 unspecified atom stereocenters. The van der Waals surface area contributed by atoms with Gasteiger partial charge in [-0.15, -0.1) is 0 Å². The topological polar surface area (TPSA) is 40.5 Å². The first-order valence-electron chi connectivity index (χ1n) is 5.68. The third kappa shape index (κ3) is 3.66. The van der Waals surface area contributed by atoms with Crippen molar-refractivity contribution in [3.05, 3.63) is 35.4 Å². The second kappa shape index (κ2) is 6.28. The van der Waals surface area contributed by atoms with Gasteiger partial charge in [0.05, 0.1) is 6.54 Å². The molecule has 0 atom stereocenters. The van der Waals surface area contributed by atoms with Crippen LogP contribution in [0.3, 0.4) is 0 Å². The average Bonchev–Trinajstić information content (AvgIpc) is 2.28. The van der Waals surface area contributed by atoms with Crippen molar-refractivity contribution in [2.24, 2.45) is 0 Å². The number of hydrogen-bond acceptors (Lipinski definition) is 2. The number of nitrogens with zero attached hydrogens (tertiary/aromatic N) is 1. The maximum absolute atomic E-state index is 10.7. The van der Waals surface area contributed by atoms with Gasteiger partial charge >= 0.3 is 5.97 Å². The molecule has 0 aliphatic heterocycles. The Kier molecular flexibility index (Phi) is 4.99. The maximum atomic E-state index is 10.7. The fraction of sp³-hybridized carbons (Fsp3) is 0.462. The molecule has 0 radical (unpaired) electrons. The molecule has 0 saturated heterocycles. The molecular weight excluding hydrogens is 202 g/mol. The Morgan fingerprint density at radius 3 is 2.38 bits per heavy atom. The first-order chi connectivity index (χ1) is 7.67. The van der Waals surface area contributed by atoms with E-state index in [4.69, 9.17) is 5.11 Å². The maximum Gasteiger partial charge on any atom is 0.317 e. The van der Waals surface area contributed by atoms with Crippen LogP contribution in [0.15, 0.2) is 24.3 Å². The zero-order chi connectivity index (χ0) is 12.0. The third-order valence-corrected chi connectivity index (χ3v) is 2.70. The Labute approximate surface area is 96.7 Å². The molecular formula is C13H19NO2. The summed E-state index contributed by atoms with van der Waals surface area (Å²) in [6.07, 6.45) is 0.987. The Morgan fingerprint density at radius 1 is 1.25 bits per heavy atom. The molecule has 3 heteroatoms. The van der Waals surface area contributed by atoms with Crippen molar-refractivity contribution >= 4 is 5.97 Å². The van der Waals surface area contributed by atoms with Gasteiger partial charge in [0.15, 0.2) is 0 Å². The monoisotopic (exact) mass is 221 g/mol. The minimum absolute atomic E-state index is 0.106. The molecule has 0 fully saturated rings. The fourth-order valence-corrected chi connectivity index (χ4v) is 1.77. The van der Waals surface area contributed by atoms with Crippen LogP contribution in [0.5, 0.6) is 0 Å². The Bertz CT molecular complexity index is 350. The van der Waals surface area contributed by atoms with E-state index in [-0.39, 0.29) is 6.54 Å².